The van der Waals surface area contributed by atoms with Crippen molar-refractivity contribution in [2.24, 2.45) is 0 Å². The molecule has 4 fully saturated rings. The normalized spacial score (nSPS) is 24.4. The lowest BCUT2D eigenvalue weighted by Gasteiger charge is -2.36. The summed E-state index contributed by atoms with van der Waals surface area (Å²) in [6, 6.07) is 14.5. The summed E-state index contributed by atoms with van der Waals surface area (Å²) in [5, 5.41) is 26.7. The zero-order valence-corrected chi connectivity index (χ0v) is 41.1. The van der Waals surface area contributed by atoms with Crippen LogP contribution in [0.5, 0.6) is 0 Å². The lowest BCUT2D eigenvalue weighted by Crippen LogP contribution is -2.58. The number of nitrogens with one attached hydrogen (secondary N) is 6. The van der Waals surface area contributed by atoms with Crippen molar-refractivity contribution in [1.82, 2.24) is 56.7 Å². The maximum absolute atomic E-state index is 14.1. The molecule has 19 nitrogen and oxygen atoms in total. The van der Waals surface area contributed by atoms with Gasteiger partial charge in [-0.1, -0.05) is 91.6 Å². The van der Waals surface area contributed by atoms with Gasteiger partial charge >= 0.3 is 0 Å². The fourth-order valence-corrected chi connectivity index (χ4v) is 10.2. The predicted octanol–water partition coefficient (Wildman–Crippen LogP) is 2.58. The van der Waals surface area contributed by atoms with Crippen LogP contribution in [0.2, 0.25) is 0 Å². The number of hydrogen-bond donors (Lipinski definition) is 6. The molecule has 1 aromatic heterocycles. The molecule has 0 saturated carbocycles. The van der Waals surface area contributed by atoms with Crippen molar-refractivity contribution in [3.8, 4) is 0 Å². The van der Waals surface area contributed by atoms with Crippen LogP contribution in [-0.4, -0.2) is 142 Å². The number of carbonyl (C=O) groups excluding carboxylic acids is 6. The van der Waals surface area contributed by atoms with Gasteiger partial charge in [0.1, 0.15) is 29.9 Å². The van der Waals surface area contributed by atoms with Crippen molar-refractivity contribution in [1.29, 1.82) is 0 Å². The molecule has 0 bridgehead atoms. The summed E-state index contributed by atoms with van der Waals surface area (Å²) in [6.07, 6.45) is 10.5. The molecule has 4 saturated heterocycles. The first-order valence-electron chi connectivity index (χ1n) is 25.3. The fourth-order valence-electron chi connectivity index (χ4n) is 10.2. The molecule has 2 aromatic carbocycles. The van der Waals surface area contributed by atoms with Crippen LogP contribution in [0.15, 0.2) is 66.9 Å². The number of carbonyl (C=O) groups is 6. The SMILES string of the molecule is CN[C@@H](C)C(=O)N[C@H]1CCCC[C@H]2CCC(C(=O)N[C@H](COCCn3cc(COC[C@@H](NC(=O)[C@@H]4CC[C@@H]5CCCC[C@H](NC(=O)[C@H](C)NC)C(=O)N54)c4ccccc4)nn3)c3ccccc3)N2C1=O. The van der Waals surface area contributed by atoms with Gasteiger partial charge in [-0.15, -0.1) is 5.10 Å². The van der Waals surface area contributed by atoms with Crippen molar-refractivity contribution >= 4 is 35.4 Å². The Bertz CT molecular complexity index is 2210. The van der Waals surface area contributed by atoms with Crippen LogP contribution in [-0.2, 0) is 51.4 Å². The van der Waals surface area contributed by atoms with Crippen LogP contribution in [0.4, 0.5) is 0 Å². The molecule has 380 valence electrons. The van der Waals surface area contributed by atoms with Crippen LogP contribution in [0.3, 0.4) is 0 Å². The summed E-state index contributed by atoms with van der Waals surface area (Å²) in [7, 11) is 3.40. The van der Waals surface area contributed by atoms with Gasteiger partial charge in [0.25, 0.3) is 0 Å². The standard InChI is InChI=1S/C51H73N11O8/c1-33(52-3)46(63)54-40-21-13-11-19-38-23-25-44(61(38)50(40)67)48(65)56-42(35-15-7-5-8-16-35)31-69-28-27-60-29-37(58-59-60)30-70-32-43(36-17-9-6-10-18-36)57-49(66)45-26-24-39-20-12-14-22-41(51(68)62(39)45)55-47(64)34(2)53-4/h5-10,15-18,29,33-34,38-45,52-53H,11-14,19-28,30-32H2,1-4H3,(H,54,63)(H,55,64)(H,56,65)(H,57,66)/t33-,34-,38-,39-,40-,41-,42+,43+,44?,45-/m0/s1. The van der Waals surface area contributed by atoms with E-state index in [9.17, 15) is 28.8 Å². The van der Waals surface area contributed by atoms with Gasteiger partial charge in [0, 0.05) is 12.1 Å². The molecule has 19 heteroatoms. The number of rotatable bonds is 21. The smallest absolute Gasteiger partial charge is 0.246 e. The first-order valence-corrected chi connectivity index (χ1v) is 25.3. The second-order valence-corrected chi connectivity index (χ2v) is 19.2. The Balaban J connectivity index is 0.914. The summed E-state index contributed by atoms with van der Waals surface area (Å²) in [5.74, 6) is -1.41. The number of hydrogen-bond acceptors (Lipinski definition) is 12. The van der Waals surface area contributed by atoms with Gasteiger partial charge in [-0.3, -0.25) is 28.8 Å². The number of nitrogens with zero attached hydrogens (tertiary/aromatic N) is 5. The molecule has 0 aliphatic carbocycles. The zero-order chi connectivity index (χ0) is 49.6. The van der Waals surface area contributed by atoms with E-state index in [1.807, 2.05) is 60.7 Å². The Kier molecular flexibility index (Phi) is 18.9. The molecular formula is C51H73N11O8. The van der Waals surface area contributed by atoms with Crippen LogP contribution >= 0.6 is 0 Å². The van der Waals surface area contributed by atoms with Crippen molar-refractivity contribution < 1.29 is 38.2 Å². The third-order valence-corrected chi connectivity index (χ3v) is 14.5. The highest BCUT2D eigenvalue weighted by atomic mass is 16.5. The van der Waals surface area contributed by atoms with Gasteiger partial charge in [0.2, 0.25) is 35.4 Å². The second-order valence-electron chi connectivity index (χ2n) is 19.2. The highest BCUT2D eigenvalue weighted by Gasteiger charge is 2.46. The first-order chi connectivity index (χ1) is 33.9. The number of amides is 6. The van der Waals surface area contributed by atoms with Crippen LogP contribution in [0, 0.1) is 0 Å². The monoisotopic (exact) mass is 968 g/mol. The first kappa shape index (κ1) is 52.1. The summed E-state index contributed by atoms with van der Waals surface area (Å²) < 4.78 is 14.0. The number of benzene rings is 2. The number of ether oxygens (including phenoxy) is 2. The molecular weight excluding hydrogens is 895 g/mol. The van der Waals surface area contributed by atoms with E-state index in [2.05, 4.69) is 42.2 Å². The number of fused-ring (bicyclic) bond motifs is 2. The summed E-state index contributed by atoms with van der Waals surface area (Å²) in [5.41, 5.74) is 2.31. The fraction of sp³-hybridized carbons (Fsp3) is 0.608. The molecule has 6 amide bonds. The third-order valence-electron chi connectivity index (χ3n) is 14.5. The molecule has 10 atom stereocenters. The second kappa shape index (κ2) is 25.4. The Hall–Kier alpha value is -5.76. The Morgan fingerprint density at radius 3 is 1.56 bits per heavy atom. The average molecular weight is 968 g/mol. The van der Waals surface area contributed by atoms with Gasteiger partial charge < -0.3 is 51.2 Å². The van der Waals surface area contributed by atoms with E-state index in [4.69, 9.17) is 9.47 Å². The van der Waals surface area contributed by atoms with E-state index in [1.165, 1.54) is 0 Å². The van der Waals surface area contributed by atoms with Gasteiger partial charge in [-0.2, -0.15) is 0 Å². The van der Waals surface area contributed by atoms with E-state index in [1.54, 1.807) is 48.6 Å². The van der Waals surface area contributed by atoms with Crippen molar-refractivity contribution in [3.63, 3.8) is 0 Å². The Labute approximate surface area is 411 Å². The van der Waals surface area contributed by atoms with Crippen molar-refractivity contribution in [2.75, 3.05) is 33.9 Å². The number of likely N-dealkylation sites (N-methyl/N-ethyl adjacent to an activating group) is 2. The molecule has 1 unspecified atom stereocenters. The minimum Gasteiger partial charge on any atom is -0.377 e. The van der Waals surface area contributed by atoms with E-state index in [0.29, 0.717) is 37.9 Å². The highest BCUT2D eigenvalue weighted by molar-refractivity contribution is 5.95. The summed E-state index contributed by atoms with van der Waals surface area (Å²) in [6.45, 7) is 4.61. The van der Waals surface area contributed by atoms with Gasteiger partial charge in [-0.05, 0) is 90.4 Å². The van der Waals surface area contributed by atoms with Crippen LogP contribution < -0.4 is 31.9 Å². The van der Waals surface area contributed by atoms with E-state index >= 15 is 0 Å². The zero-order valence-electron chi connectivity index (χ0n) is 41.1. The molecule has 5 heterocycles. The largest absolute Gasteiger partial charge is 0.377 e. The molecule has 70 heavy (non-hydrogen) atoms. The molecule has 6 N–H and O–H groups in total. The van der Waals surface area contributed by atoms with Gasteiger partial charge in [-0.25, -0.2) is 4.68 Å². The Morgan fingerprint density at radius 2 is 1.09 bits per heavy atom. The van der Waals surface area contributed by atoms with Crippen LogP contribution in [0.1, 0.15) is 120 Å². The van der Waals surface area contributed by atoms with Crippen LogP contribution in [0.25, 0.3) is 0 Å². The van der Waals surface area contributed by atoms with E-state index < -0.39 is 48.3 Å². The lowest BCUT2D eigenvalue weighted by atomic mass is 9.98. The topological polar surface area (TPSA) is 230 Å². The molecule has 0 spiro atoms. The predicted molar refractivity (Wildman–Crippen MR) is 260 cm³/mol. The maximum Gasteiger partial charge on any atom is 0.246 e. The van der Waals surface area contributed by atoms with Crippen molar-refractivity contribution in [2.45, 2.75) is 164 Å². The highest BCUT2D eigenvalue weighted by Crippen LogP contribution is 2.34. The van der Waals surface area contributed by atoms with Gasteiger partial charge in [0.05, 0.1) is 63.3 Å². The molecule has 4 aliphatic rings. The molecule has 0 radical (unpaired) electrons. The summed E-state index contributed by atoms with van der Waals surface area (Å²) >= 11 is 0. The lowest BCUT2D eigenvalue weighted by molar-refractivity contribution is -0.144. The minimum atomic E-state index is -0.690. The minimum absolute atomic E-state index is 0.0584. The third kappa shape index (κ3) is 13.3. The maximum atomic E-state index is 14.1. The molecule has 3 aromatic rings. The quantitative estimate of drug-likeness (QED) is 0.0847. The average Bonchev–Trinajstić information content (AvgIpc) is 4.13. The summed E-state index contributed by atoms with van der Waals surface area (Å²) in [4.78, 5) is 85.3. The van der Waals surface area contributed by atoms with Gasteiger partial charge in [0.15, 0.2) is 0 Å². The molecule has 7 rings (SSSR count). The van der Waals surface area contributed by atoms with Crippen molar-refractivity contribution in [3.05, 3.63) is 83.7 Å². The molecule has 4 aliphatic heterocycles. The van der Waals surface area contributed by atoms with E-state index in [0.717, 1.165) is 62.5 Å². The van der Waals surface area contributed by atoms with E-state index in [-0.39, 0.29) is 74.0 Å². The Morgan fingerprint density at radius 1 is 0.629 bits per heavy atom. The number of aromatic nitrogens is 3.